The second-order valence-electron chi connectivity index (χ2n) is 7.41. The quantitative estimate of drug-likeness (QED) is 0.651. The molecule has 3 rings (SSSR count). The van der Waals surface area contributed by atoms with Gasteiger partial charge in [-0.2, -0.15) is 0 Å². The first-order valence-electron chi connectivity index (χ1n) is 9.89. The molecule has 2 aromatic rings. The van der Waals surface area contributed by atoms with Crippen molar-refractivity contribution in [1.82, 2.24) is 20.2 Å². The van der Waals surface area contributed by atoms with E-state index < -0.39 is 5.91 Å². The first kappa shape index (κ1) is 21.7. The highest BCUT2D eigenvalue weighted by molar-refractivity contribution is 6.06. The molecule has 3 N–H and O–H groups in total. The summed E-state index contributed by atoms with van der Waals surface area (Å²) in [5.74, 6) is -0.403. The van der Waals surface area contributed by atoms with Gasteiger partial charge in [0.25, 0.3) is 11.8 Å². The van der Waals surface area contributed by atoms with E-state index >= 15 is 0 Å². The minimum atomic E-state index is -0.451. The van der Waals surface area contributed by atoms with Crippen LogP contribution in [0.4, 0.5) is 5.69 Å². The van der Waals surface area contributed by atoms with E-state index in [9.17, 15) is 14.7 Å². The van der Waals surface area contributed by atoms with Gasteiger partial charge in [-0.3, -0.25) is 14.6 Å². The number of carbonyl (C=O) groups excluding carboxylic acids is 2. The Hall–Kier alpha value is -3.04. The molecule has 9 nitrogen and oxygen atoms in total. The van der Waals surface area contributed by atoms with Gasteiger partial charge in [0.15, 0.2) is 5.75 Å². The number of benzene rings is 1. The Kier molecular flexibility index (Phi) is 6.96. The van der Waals surface area contributed by atoms with Crippen LogP contribution in [0.3, 0.4) is 0 Å². The topological polar surface area (TPSA) is 117 Å². The van der Waals surface area contributed by atoms with Gasteiger partial charge >= 0.3 is 0 Å². The summed E-state index contributed by atoms with van der Waals surface area (Å²) in [7, 11) is 1.83. The molecule has 0 fully saturated rings. The SMILES string of the molecule is CNC[C@@H]1Oc2c(NC(=O)c3cnccn3)cccc2C(=O)N([C@@H](C)CO)C[C@H]1C. The van der Waals surface area contributed by atoms with Crippen LogP contribution in [0.25, 0.3) is 0 Å². The number of fused-ring (bicyclic) bond motifs is 1. The lowest BCUT2D eigenvalue weighted by Crippen LogP contribution is -2.49. The first-order chi connectivity index (χ1) is 14.5. The van der Waals surface area contributed by atoms with Crippen LogP contribution in [0, 0.1) is 5.92 Å². The molecule has 0 bridgehead atoms. The summed E-state index contributed by atoms with van der Waals surface area (Å²) in [5, 5.41) is 15.6. The Morgan fingerprint density at radius 1 is 1.40 bits per heavy atom. The monoisotopic (exact) mass is 413 g/mol. The molecule has 1 aliphatic heterocycles. The van der Waals surface area contributed by atoms with Crippen LogP contribution < -0.4 is 15.4 Å². The number of anilines is 1. The van der Waals surface area contributed by atoms with E-state index in [0.29, 0.717) is 30.1 Å². The third kappa shape index (κ3) is 4.58. The highest BCUT2D eigenvalue weighted by Crippen LogP contribution is 2.34. The van der Waals surface area contributed by atoms with Crippen LogP contribution in [0.2, 0.25) is 0 Å². The van der Waals surface area contributed by atoms with Crippen molar-refractivity contribution in [2.45, 2.75) is 26.0 Å². The number of para-hydroxylation sites is 1. The van der Waals surface area contributed by atoms with Crippen LogP contribution in [-0.4, -0.2) is 70.7 Å². The number of likely N-dealkylation sites (N-methyl/N-ethyl adjacent to an activating group) is 1. The normalized spacial score (nSPS) is 19.9. The van der Waals surface area contributed by atoms with Gasteiger partial charge in [-0.05, 0) is 26.1 Å². The number of rotatable bonds is 6. The third-order valence-corrected chi connectivity index (χ3v) is 5.14. The average Bonchev–Trinajstić information content (AvgIpc) is 2.76. The summed E-state index contributed by atoms with van der Waals surface area (Å²) in [5.41, 5.74) is 0.867. The lowest BCUT2D eigenvalue weighted by Gasteiger charge is -2.37. The maximum Gasteiger partial charge on any atom is 0.275 e. The fourth-order valence-corrected chi connectivity index (χ4v) is 3.39. The van der Waals surface area contributed by atoms with Crippen LogP contribution in [0.5, 0.6) is 5.75 Å². The molecule has 0 aliphatic carbocycles. The molecule has 0 spiro atoms. The predicted molar refractivity (Wildman–Crippen MR) is 112 cm³/mol. The molecule has 160 valence electrons. The van der Waals surface area contributed by atoms with Gasteiger partial charge < -0.3 is 25.4 Å². The number of ether oxygens (including phenoxy) is 1. The standard InChI is InChI=1S/C21H27N5O4/c1-13-11-26(14(2)12-27)21(29)15-5-4-6-16(19(15)30-18(13)10-22-3)25-20(28)17-9-23-7-8-24-17/h4-9,13-14,18,22,27H,10-12H2,1-3H3,(H,25,28)/t13-,14+,18+/m1/s1. The number of hydrogen-bond donors (Lipinski definition) is 3. The molecule has 9 heteroatoms. The number of aliphatic hydroxyl groups excluding tert-OH is 1. The Balaban J connectivity index is 2.03. The zero-order valence-corrected chi connectivity index (χ0v) is 17.3. The first-order valence-corrected chi connectivity index (χ1v) is 9.89. The molecule has 0 unspecified atom stereocenters. The highest BCUT2D eigenvalue weighted by atomic mass is 16.5. The summed E-state index contributed by atoms with van der Waals surface area (Å²) in [6.07, 6.45) is 4.04. The molecule has 30 heavy (non-hydrogen) atoms. The second-order valence-corrected chi connectivity index (χ2v) is 7.41. The van der Waals surface area contributed by atoms with E-state index in [4.69, 9.17) is 4.74 Å². The van der Waals surface area contributed by atoms with Crippen LogP contribution >= 0.6 is 0 Å². The third-order valence-electron chi connectivity index (χ3n) is 5.14. The van der Waals surface area contributed by atoms with Crippen molar-refractivity contribution < 1.29 is 19.4 Å². The molecule has 2 heterocycles. The van der Waals surface area contributed by atoms with Gasteiger partial charge in [-0.1, -0.05) is 13.0 Å². The number of carbonyl (C=O) groups is 2. The van der Waals surface area contributed by atoms with Gasteiger partial charge in [-0.15, -0.1) is 0 Å². The summed E-state index contributed by atoms with van der Waals surface area (Å²) >= 11 is 0. The Morgan fingerprint density at radius 2 is 2.20 bits per heavy atom. The fraction of sp³-hybridized carbons (Fsp3) is 0.429. The van der Waals surface area contributed by atoms with Crippen LogP contribution in [-0.2, 0) is 0 Å². The van der Waals surface area contributed by atoms with Crippen molar-refractivity contribution in [2.24, 2.45) is 5.92 Å². The molecule has 3 atom stereocenters. The van der Waals surface area contributed by atoms with Crippen molar-refractivity contribution in [3.05, 3.63) is 48.0 Å². The largest absolute Gasteiger partial charge is 0.486 e. The minimum absolute atomic E-state index is 0.00713. The summed E-state index contributed by atoms with van der Waals surface area (Å²) in [4.78, 5) is 35.5. The van der Waals surface area contributed by atoms with E-state index in [-0.39, 0.29) is 36.3 Å². The van der Waals surface area contributed by atoms with E-state index in [1.807, 2.05) is 14.0 Å². The molecular formula is C21H27N5O4. The summed E-state index contributed by atoms with van der Waals surface area (Å²) in [6.45, 7) is 4.66. The van der Waals surface area contributed by atoms with Crippen molar-refractivity contribution in [2.75, 3.05) is 32.1 Å². The van der Waals surface area contributed by atoms with Gasteiger partial charge in [0, 0.05) is 31.4 Å². The zero-order chi connectivity index (χ0) is 21.7. The highest BCUT2D eigenvalue weighted by Gasteiger charge is 2.33. The van der Waals surface area contributed by atoms with Crippen molar-refractivity contribution in [3.8, 4) is 5.75 Å². The van der Waals surface area contributed by atoms with E-state index in [2.05, 4.69) is 20.6 Å². The number of nitrogens with one attached hydrogen (secondary N) is 2. The molecule has 1 aromatic carbocycles. The maximum absolute atomic E-state index is 13.3. The number of amides is 2. The van der Waals surface area contributed by atoms with Gasteiger partial charge in [0.1, 0.15) is 11.8 Å². The number of nitrogens with zero attached hydrogens (tertiary/aromatic N) is 3. The molecular weight excluding hydrogens is 386 g/mol. The molecule has 0 radical (unpaired) electrons. The molecule has 1 aliphatic rings. The fourth-order valence-electron chi connectivity index (χ4n) is 3.39. The molecule has 0 saturated carbocycles. The Labute approximate surface area is 175 Å². The van der Waals surface area contributed by atoms with E-state index in [0.717, 1.165) is 0 Å². The number of aromatic nitrogens is 2. The summed E-state index contributed by atoms with van der Waals surface area (Å²) in [6, 6.07) is 4.69. The molecule has 0 saturated heterocycles. The Bertz CT molecular complexity index is 892. The number of hydrogen-bond acceptors (Lipinski definition) is 7. The van der Waals surface area contributed by atoms with Crippen molar-refractivity contribution in [1.29, 1.82) is 0 Å². The van der Waals surface area contributed by atoms with Crippen molar-refractivity contribution in [3.63, 3.8) is 0 Å². The summed E-state index contributed by atoms with van der Waals surface area (Å²) < 4.78 is 6.27. The van der Waals surface area contributed by atoms with Crippen LogP contribution in [0.15, 0.2) is 36.8 Å². The van der Waals surface area contributed by atoms with Crippen molar-refractivity contribution >= 4 is 17.5 Å². The molecule has 2 amide bonds. The van der Waals surface area contributed by atoms with E-state index in [1.54, 1.807) is 30.0 Å². The number of aliphatic hydroxyl groups is 1. The minimum Gasteiger partial charge on any atom is -0.486 e. The van der Waals surface area contributed by atoms with Gasteiger partial charge in [-0.25, -0.2) is 4.98 Å². The Morgan fingerprint density at radius 3 is 2.87 bits per heavy atom. The lowest BCUT2D eigenvalue weighted by atomic mass is 9.99. The van der Waals surface area contributed by atoms with Gasteiger partial charge in [0.05, 0.1) is 30.1 Å². The van der Waals surface area contributed by atoms with Crippen LogP contribution in [0.1, 0.15) is 34.7 Å². The second kappa shape index (κ2) is 9.64. The maximum atomic E-state index is 13.3. The molecule has 1 aromatic heterocycles. The lowest BCUT2D eigenvalue weighted by molar-refractivity contribution is 0.0417. The predicted octanol–water partition coefficient (Wildman–Crippen LogP) is 1.17. The zero-order valence-electron chi connectivity index (χ0n) is 17.3. The average molecular weight is 413 g/mol. The van der Waals surface area contributed by atoms with E-state index in [1.165, 1.54) is 18.6 Å². The van der Waals surface area contributed by atoms with Gasteiger partial charge in [0.2, 0.25) is 0 Å². The smallest absolute Gasteiger partial charge is 0.275 e.